The number of nitrogens with zero attached hydrogens (tertiary/aromatic N) is 2. The Hall–Kier alpha value is -3.61. The molecule has 1 unspecified atom stereocenters. The van der Waals surface area contributed by atoms with E-state index in [4.69, 9.17) is 9.52 Å². The number of aryl methyl sites for hydroxylation is 1. The average molecular weight is 476 g/mol. The molecule has 2 N–H and O–H groups in total. The Labute approximate surface area is 206 Å². The van der Waals surface area contributed by atoms with Gasteiger partial charge < -0.3 is 19.7 Å². The molecule has 1 aliphatic rings. The van der Waals surface area contributed by atoms with Gasteiger partial charge in [-0.3, -0.25) is 14.6 Å². The lowest BCUT2D eigenvalue weighted by Crippen LogP contribution is -2.29. The number of carbonyl (C=O) groups is 2. The number of furan rings is 1. The highest BCUT2D eigenvalue weighted by atomic mass is 16.4. The number of aliphatic carboxylic acids is 1. The second kappa shape index (κ2) is 11.2. The molecule has 1 fully saturated rings. The third-order valence-electron chi connectivity index (χ3n) is 6.82. The lowest BCUT2D eigenvalue weighted by Gasteiger charge is -2.31. The zero-order chi connectivity index (χ0) is 24.8. The Morgan fingerprint density at radius 3 is 2.57 bits per heavy atom. The monoisotopic (exact) mass is 475 g/mol. The van der Waals surface area contributed by atoms with Gasteiger partial charge in [0.25, 0.3) is 5.91 Å². The maximum Gasteiger partial charge on any atom is 0.305 e. The summed E-state index contributed by atoms with van der Waals surface area (Å²) in [5.74, 6) is 1.11. The van der Waals surface area contributed by atoms with E-state index < -0.39 is 5.97 Å². The van der Waals surface area contributed by atoms with Crippen LogP contribution in [0.5, 0.6) is 0 Å². The molecule has 0 spiro atoms. The SMILES string of the molecule is Cc1oc(-c2cccnc2)cc1C(Nc1ccc(C(=O)N(C)CCC(=O)O)cc1)C1CCCCC1. The quantitative estimate of drug-likeness (QED) is 0.398. The molecule has 184 valence electrons. The number of hydrogen-bond acceptors (Lipinski definition) is 5. The Kier molecular flexibility index (Phi) is 7.85. The van der Waals surface area contributed by atoms with E-state index in [1.165, 1.54) is 24.2 Å². The van der Waals surface area contributed by atoms with E-state index in [-0.39, 0.29) is 24.9 Å². The fraction of sp³-hybridized carbons (Fsp3) is 0.393. The third kappa shape index (κ3) is 6.10. The van der Waals surface area contributed by atoms with Gasteiger partial charge in [0.1, 0.15) is 11.5 Å². The van der Waals surface area contributed by atoms with Gasteiger partial charge in [-0.25, -0.2) is 0 Å². The van der Waals surface area contributed by atoms with Crippen LogP contribution in [0.25, 0.3) is 11.3 Å². The van der Waals surface area contributed by atoms with Crippen LogP contribution in [0, 0.1) is 12.8 Å². The van der Waals surface area contributed by atoms with Crippen LogP contribution in [-0.2, 0) is 4.79 Å². The molecule has 4 rings (SSSR count). The molecule has 0 bridgehead atoms. The maximum atomic E-state index is 12.6. The molecule has 0 radical (unpaired) electrons. The van der Waals surface area contributed by atoms with Crippen LogP contribution in [0.2, 0.25) is 0 Å². The number of anilines is 1. The van der Waals surface area contributed by atoms with E-state index in [0.29, 0.717) is 11.5 Å². The van der Waals surface area contributed by atoms with Crippen molar-refractivity contribution in [2.24, 2.45) is 5.92 Å². The fourth-order valence-corrected chi connectivity index (χ4v) is 4.85. The minimum absolute atomic E-state index is 0.0734. The molecule has 1 atom stereocenters. The van der Waals surface area contributed by atoms with Crippen LogP contribution in [0.4, 0.5) is 5.69 Å². The van der Waals surface area contributed by atoms with Gasteiger partial charge in [-0.1, -0.05) is 19.3 Å². The average Bonchev–Trinajstić information content (AvgIpc) is 3.28. The molecule has 7 nitrogen and oxygen atoms in total. The predicted octanol–water partition coefficient (Wildman–Crippen LogP) is 5.93. The highest BCUT2D eigenvalue weighted by Gasteiger charge is 2.28. The summed E-state index contributed by atoms with van der Waals surface area (Å²) >= 11 is 0. The summed E-state index contributed by atoms with van der Waals surface area (Å²) in [6, 6.07) is 13.6. The molecule has 7 heteroatoms. The summed E-state index contributed by atoms with van der Waals surface area (Å²) in [4.78, 5) is 29.1. The van der Waals surface area contributed by atoms with Crippen molar-refractivity contribution in [1.29, 1.82) is 0 Å². The van der Waals surface area contributed by atoms with Crippen LogP contribution >= 0.6 is 0 Å². The smallest absolute Gasteiger partial charge is 0.305 e. The first-order chi connectivity index (χ1) is 16.9. The normalized spacial score (nSPS) is 14.9. The van der Waals surface area contributed by atoms with E-state index in [1.54, 1.807) is 25.4 Å². The molecule has 1 aromatic carbocycles. The molecule has 0 aliphatic heterocycles. The van der Waals surface area contributed by atoms with Crippen LogP contribution in [0.15, 0.2) is 59.3 Å². The number of hydrogen-bond donors (Lipinski definition) is 2. The van der Waals surface area contributed by atoms with E-state index in [9.17, 15) is 9.59 Å². The van der Waals surface area contributed by atoms with Crippen molar-refractivity contribution < 1.29 is 19.1 Å². The Balaban J connectivity index is 1.54. The van der Waals surface area contributed by atoms with Crippen molar-refractivity contribution in [2.45, 2.75) is 51.5 Å². The van der Waals surface area contributed by atoms with Crippen molar-refractivity contribution in [3.05, 3.63) is 71.7 Å². The minimum atomic E-state index is -0.917. The van der Waals surface area contributed by atoms with Gasteiger partial charge in [0, 0.05) is 48.4 Å². The summed E-state index contributed by atoms with van der Waals surface area (Å²) in [7, 11) is 1.62. The van der Waals surface area contributed by atoms with Crippen molar-refractivity contribution >= 4 is 17.6 Å². The Morgan fingerprint density at radius 2 is 1.91 bits per heavy atom. The Bertz CT molecular complexity index is 1130. The van der Waals surface area contributed by atoms with Gasteiger partial charge in [0.05, 0.1) is 12.5 Å². The second-order valence-electron chi connectivity index (χ2n) is 9.33. The predicted molar refractivity (Wildman–Crippen MR) is 135 cm³/mol. The topological polar surface area (TPSA) is 95.7 Å². The van der Waals surface area contributed by atoms with Crippen molar-refractivity contribution in [3.63, 3.8) is 0 Å². The lowest BCUT2D eigenvalue weighted by molar-refractivity contribution is -0.137. The van der Waals surface area contributed by atoms with E-state index in [0.717, 1.165) is 41.2 Å². The summed E-state index contributed by atoms with van der Waals surface area (Å²) in [5.41, 5.74) is 3.59. The summed E-state index contributed by atoms with van der Waals surface area (Å²) in [6.45, 7) is 2.19. The molecule has 0 saturated heterocycles. The van der Waals surface area contributed by atoms with E-state index in [2.05, 4.69) is 16.4 Å². The first kappa shape index (κ1) is 24.5. The van der Waals surface area contributed by atoms with Crippen LogP contribution in [0.1, 0.15) is 66.2 Å². The van der Waals surface area contributed by atoms with Crippen LogP contribution < -0.4 is 5.32 Å². The van der Waals surface area contributed by atoms with Crippen molar-refractivity contribution in [1.82, 2.24) is 9.88 Å². The highest BCUT2D eigenvalue weighted by molar-refractivity contribution is 5.94. The largest absolute Gasteiger partial charge is 0.481 e. The molecule has 1 aliphatic carbocycles. The molecular weight excluding hydrogens is 442 g/mol. The molecule has 2 aromatic heterocycles. The second-order valence-corrected chi connectivity index (χ2v) is 9.33. The zero-order valence-corrected chi connectivity index (χ0v) is 20.4. The number of carbonyl (C=O) groups excluding carboxylic acids is 1. The van der Waals surface area contributed by atoms with Gasteiger partial charge in [-0.05, 0) is 68.1 Å². The van der Waals surface area contributed by atoms with E-state index >= 15 is 0 Å². The number of carboxylic acid groups (broad SMARTS) is 1. The summed E-state index contributed by atoms with van der Waals surface area (Å²) in [5, 5.41) is 12.6. The van der Waals surface area contributed by atoms with Gasteiger partial charge in [-0.2, -0.15) is 0 Å². The van der Waals surface area contributed by atoms with Gasteiger partial charge >= 0.3 is 5.97 Å². The van der Waals surface area contributed by atoms with Gasteiger partial charge in [0.2, 0.25) is 0 Å². The van der Waals surface area contributed by atoms with Crippen LogP contribution in [0.3, 0.4) is 0 Å². The minimum Gasteiger partial charge on any atom is -0.481 e. The van der Waals surface area contributed by atoms with E-state index in [1.807, 2.05) is 37.4 Å². The number of amides is 1. The number of carboxylic acids is 1. The van der Waals surface area contributed by atoms with Crippen molar-refractivity contribution in [3.8, 4) is 11.3 Å². The molecule has 2 heterocycles. The number of pyridine rings is 1. The molecule has 3 aromatic rings. The number of nitrogens with one attached hydrogen (secondary N) is 1. The number of benzene rings is 1. The molecular formula is C28H33N3O4. The molecule has 1 saturated carbocycles. The maximum absolute atomic E-state index is 12.6. The summed E-state index contributed by atoms with van der Waals surface area (Å²) < 4.78 is 6.15. The van der Waals surface area contributed by atoms with Crippen LogP contribution in [-0.4, -0.2) is 40.5 Å². The number of rotatable bonds is 9. The zero-order valence-electron chi connectivity index (χ0n) is 20.4. The highest BCUT2D eigenvalue weighted by Crippen LogP contribution is 2.40. The van der Waals surface area contributed by atoms with Gasteiger partial charge in [-0.15, -0.1) is 0 Å². The third-order valence-corrected chi connectivity index (χ3v) is 6.82. The molecule has 35 heavy (non-hydrogen) atoms. The number of aromatic nitrogens is 1. The van der Waals surface area contributed by atoms with Crippen molar-refractivity contribution in [2.75, 3.05) is 18.9 Å². The first-order valence-corrected chi connectivity index (χ1v) is 12.3. The first-order valence-electron chi connectivity index (χ1n) is 12.3. The summed E-state index contributed by atoms with van der Waals surface area (Å²) in [6.07, 6.45) is 9.55. The van der Waals surface area contributed by atoms with Gasteiger partial charge in [0.15, 0.2) is 0 Å². The standard InChI is InChI=1S/C28H33N3O4/c1-19-24(17-25(35-19)22-9-6-15-29-18-22)27(20-7-4-3-5-8-20)30-23-12-10-21(11-13-23)28(34)31(2)16-14-26(32)33/h6,9-13,15,17-18,20,27,30H,3-5,7-8,14,16H2,1-2H3,(H,32,33). The Morgan fingerprint density at radius 1 is 1.17 bits per heavy atom. The fourth-order valence-electron chi connectivity index (χ4n) is 4.85. The molecule has 1 amide bonds. The lowest BCUT2D eigenvalue weighted by atomic mass is 9.81.